The van der Waals surface area contributed by atoms with Gasteiger partial charge in [0.2, 0.25) is 5.91 Å². The highest BCUT2D eigenvalue weighted by Gasteiger charge is 2.38. The van der Waals surface area contributed by atoms with Crippen molar-refractivity contribution in [2.75, 3.05) is 11.4 Å². The molecule has 2 amide bonds. The van der Waals surface area contributed by atoms with Crippen LogP contribution >= 0.6 is 15.9 Å². The van der Waals surface area contributed by atoms with E-state index in [-0.39, 0.29) is 18.9 Å². The molecule has 1 aromatic rings. The Morgan fingerprint density at radius 1 is 1.23 bits per heavy atom. The number of rotatable bonds is 3. The van der Waals surface area contributed by atoms with Gasteiger partial charge >= 0.3 is 12.1 Å². The molecule has 1 fully saturated rings. The second kappa shape index (κ2) is 8.07. The maximum absolute atomic E-state index is 12.8. The van der Waals surface area contributed by atoms with Crippen molar-refractivity contribution in [3.05, 3.63) is 28.7 Å². The SMILES string of the molecule is CC(=O)OC1CC(NC(=O)OC(C)(C)C)C(=O)N(c2ccc(Br)cc2)C1. The number of anilines is 1. The number of nitrogens with zero attached hydrogens (tertiary/aromatic N) is 1. The standard InChI is InChI=1S/C18H23BrN2O5/c1-11(22)25-14-9-15(20-17(24)26-18(2,3)4)16(23)21(10-14)13-7-5-12(19)6-8-13/h5-8,14-15H,9-10H2,1-4H3,(H,20,24). The first kappa shape index (κ1) is 20.2. The van der Waals surface area contributed by atoms with E-state index in [0.29, 0.717) is 5.69 Å². The van der Waals surface area contributed by atoms with Crippen molar-refractivity contribution in [1.29, 1.82) is 0 Å². The number of carbonyl (C=O) groups is 3. The summed E-state index contributed by atoms with van der Waals surface area (Å²) in [6.45, 7) is 6.77. The second-order valence-corrected chi connectivity index (χ2v) is 8.01. The van der Waals surface area contributed by atoms with E-state index in [1.54, 1.807) is 32.9 Å². The number of esters is 1. The molecule has 0 bridgehead atoms. The van der Waals surface area contributed by atoms with Crippen LogP contribution in [-0.4, -0.2) is 42.3 Å². The number of hydrogen-bond donors (Lipinski definition) is 1. The van der Waals surface area contributed by atoms with Gasteiger partial charge in [0.15, 0.2) is 0 Å². The quantitative estimate of drug-likeness (QED) is 0.750. The molecule has 2 atom stereocenters. The van der Waals surface area contributed by atoms with E-state index in [1.807, 2.05) is 12.1 Å². The zero-order valence-electron chi connectivity index (χ0n) is 15.2. The summed E-state index contributed by atoms with van der Waals surface area (Å²) in [5.41, 5.74) is -0.0197. The molecule has 2 unspecified atom stereocenters. The highest BCUT2D eigenvalue weighted by atomic mass is 79.9. The Bertz CT molecular complexity index is 684. The molecule has 8 heteroatoms. The molecule has 0 saturated carbocycles. The number of carbonyl (C=O) groups excluding carboxylic acids is 3. The fraction of sp³-hybridized carbons (Fsp3) is 0.500. The maximum atomic E-state index is 12.8. The van der Waals surface area contributed by atoms with Crippen molar-refractivity contribution in [2.45, 2.75) is 51.9 Å². The summed E-state index contributed by atoms with van der Waals surface area (Å²) in [5.74, 6) is -0.710. The van der Waals surface area contributed by atoms with Gasteiger partial charge in [-0.3, -0.25) is 9.59 Å². The molecule has 2 rings (SSSR count). The Morgan fingerprint density at radius 2 is 1.85 bits per heavy atom. The minimum Gasteiger partial charge on any atom is -0.461 e. The first-order valence-corrected chi connectivity index (χ1v) is 9.08. The molecule has 0 spiro atoms. The van der Waals surface area contributed by atoms with E-state index in [1.165, 1.54) is 11.8 Å². The number of hydrogen-bond acceptors (Lipinski definition) is 5. The normalized spacial score (nSPS) is 20.5. The van der Waals surface area contributed by atoms with Crippen LogP contribution in [0.3, 0.4) is 0 Å². The highest BCUT2D eigenvalue weighted by Crippen LogP contribution is 2.25. The third-order valence-corrected chi connectivity index (χ3v) is 4.14. The van der Waals surface area contributed by atoms with Gasteiger partial charge in [0.1, 0.15) is 17.7 Å². The van der Waals surface area contributed by atoms with Crippen molar-refractivity contribution >= 4 is 39.6 Å². The molecule has 0 radical (unpaired) electrons. The Kier molecular flexibility index (Phi) is 6.28. The van der Waals surface area contributed by atoms with Gasteiger partial charge in [-0.05, 0) is 45.0 Å². The number of ether oxygens (including phenoxy) is 2. The van der Waals surface area contributed by atoms with E-state index < -0.39 is 29.8 Å². The van der Waals surface area contributed by atoms with Crippen LogP contribution in [0.15, 0.2) is 28.7 Å². The van der Waals surface area contributed by atoms with Crippen LogP contribution in [0.4, 0.5) is 10.5 Å². The molecule has 1 aromatic carbocycles. The van der Waals surface area contributed by atoms with Gasteiger partial charge in [-0.15, -0.1) is 0 Å². The largest absolute Gasteiger partial charge is 0.461 e. The van der Waals surface area contributed by atoms with Gasteiger partial charge in [0.25, 0.3) is 0 Å². The van der Waals surface area contributed by atoms with E-state index in [4.69, 9.17) is 9.47 Å². The number of halogens is 1. The fourth-order valence-corrected chi connectivity index (χ4v) is 2.93. The van der Waals surface area contributed by atoms with Crippen LogP contribution in [0.2, 0.25) is 0 Å². The summed E-state index contributed by atoms with van der Waals surface area (Å²) < 4.78 is 11.4. The first-order valence-electron chi connectivity index (χ1n) is 8.29. The Labute approximate surface area is 161 Å². The molecule has 0 aromatic heterocycles. The number of benzene rings is 1. The third kappa shape index (κ3) is 5.72. The van der Waals surface area contributed by atoms with Crippen molar-refractivity contribution in [2.24, 2.45) is 0 Å². The van der Waals surface area contributed by atoms with Crippen molar-refractivity contribution < 1.29 is 23.9 Å². The van der Waals surface area contributed by atoms with Gasteiger partial charge < -0.3 is 19.7 Å². The van der Waals surface area contributed by atoms with Gasteiger partial charge in [-0.25, -0.2) is 4.79 Å². The molecule has 7 nitrogen and oxygen atoms in total. The molecule has 1 aliphatic heterocycles. The molecule has 0 aliphatic carbocycles. The monoisotopic (exact) mass is 426 g/mol. The average Bonchev–Trinajstić information content (AvgIpc) is 2.49. The number of alkyl carbamates (subject to hydrolysis) is 1. The molecular weight excluding hydrogens is 404 g/mol. The highest BCUT2D eigenvalue weighted by molar-refractivity contribution is 9.10. The summed E-state index contributed by atoms with van der Waals surface area (Å²) in [6, 6.07) is 6.35. The fourth-order valence-electron chi connectivity index (χ4n) is 2.66. The summed E-state index contributed by atoms with van der Waals surface area (Å²) in [4.78, 5) is 37.8. The Morgan fingerprint density at radius 3 is 2.38 bits per heavy atom. The van der Waals surface area contributed by atoms with Crippen molar-refractivity contribution in [3.63, 3.8) is 0 Å². The van der Waals surface area contributed by atoms with E-state index in [0.717, 1.165) is 4.47 Å². The van der Waals surface area contributed by atoms with Crippen molar-refractivity contribution in [1.82, 2.24) is 5.32 Å². The van der Waals surface area contributed by atoms with Crippen LogP contribution in [0.1, 0.15) is 34.1 Å². The third-order valence-electron chi connectivity index (χ3n) is 3.61. The van der Waals surface area contributed by atoms with Crippen LogP contribution in [-0.2, 0) is 19.1 Å². The smallest absolute Gasteiger partial charge is 0.408 e. The number of amides is 2. The van der Waals surface area contributed by atoms with Gasteiger partial charge in [0.05, 0.1) is 6.54 Å². The lowest BCUT2D eigenvalue weighted by atomic mass is 10.0. The molecular formula is C18H23BrN2O5. The van der Waals surface area contributed by atoms with Gasteiger partial charge in [0, 0.05) is 23.5 Å². The lowest BCUT2D eigenvalue weighted by molar-refractivity contribution is -0.148. The molecule has 1 aliphatic rings. The first-order chi connectivity index (χ1) is 12.0. The minimum atomic E-state index is -0.841. The summed E-state index contributed by atoms with van der Waals surface area (Å²) >= 11 is 3.36. The molecule has 26 heavy (non-hydrogen) atoms. The van der Waals surface area contributed by atoms with Gasteiger partial charge in [-0.2, -0.15) is 0 Å². The average molecular weight is 427 g/mol. The minimum absolute atomic E-state index is 0.199. The van der Waals surface area contributed by atoms with Crippen LogP contribution in [0, 0.1) is 0 Å². The Hall–Kier alpha value is -2.09. The maximum Gasteiger partial charge on any atom is 0.408 e. The van der Waals surface area contributed by atoms with E-state index >= 15 is 0 Å². The molecule has 1 N–H and O–H groups in total. The number of nitrogens with one attached hydrogen (secondary N) is 1. The lowest BCUT2D eigenvalue weighted by Crippen LogP contribution is -2.58. The summed E-state index contributed by atoms with van der Waals surface area (Å²) in [6.07, 6.45) is -1.01. The number of piperidine rings is 1. The summed E-state index contributed by atoms with van der Waals surface area (Å²) in [7, 11) is 0. The molecule has 1 heterocycles. The van der Waals surface area contributed by atoms with Gasteiger partial charge in [-0.1, -0.05) is 15.9 Å². The van der Waals surface area contributed by atoms with E-state index in [9.17, 15) is 14.4 Å². The van der Waals surface area contributed by atoms with Crippen LogP contribution in [0.25, 0.3) is 0 Å². The van der Waals surface area contributed by atoms with E-state index in [2.05, 4.69) is 21.2 Å². The molecule has 142 valence electrons. The predicted molar refractivity (Wildman–Crippen MR) is 99.8 cm³/mol. The lowest BCUT2D eigenvalue weighted by Gasteiger charge is -2.37. The summed E-state index contributed by atoms with van der Waals surface area (Å²) in [5, 5.41) is 2.59. The molecule has 1 saturated heterocycles. The van der Waals surface area contributed by atoms with Crippen LogP contribution in [0.5, 0.6) is 0 Å². The topological polar surface area (TPSA) is 84.9 Å². The van der Waals surface area contributed by atoms with Crippen LogP contribution < -0.4 is 10.2 Å². The Balaban J connectivity index is 2.20. The zero-order valence-corrected chi connectivity index (χ0v) is 16.8. The zero-order chi connectivity index (χ0) is 19.5. The van der Waals surface area contributed by atoms with Crippen molar-refractivity contribution in [3.8, 4) is 0 Å². The predicted octanol–water partition coefficient (Wildman–Crippen LogP) is 3.01. The second-order valence-electron chi connectivity index (χ2n) is 7.09.